The summed E-state index contributed by atoms with van der Waals surface area (Å²) in [7, 11) is 0. The number of amides is 3. The third kappa shape index (κ3) is 2.57. The van der Waals surface area contributed by atoms with Crippen LogP contribution in [0, 0.1) is 12.3 Å². The summed E-state index contributed by atoms with van der Waals surface area (Å²) < 4.78 is 0. The van der Waals surface area contributed by atoms with Crippen molar-refractivity contribution in [2.75, 3.05) is 5.43 Å². The summed E-state index contributed by atoms with van der Waals surface area (Å²) in [4.78, 5) is 39.1. The van der Waals surface area contributed by atoms with Gasteiger partial charge in [-0.1, -0.05) is 6.07 Å². The number of rotatable bonds is 3. The molecule has 3 heterocycles. The van der Waals surface area contributed by atoms with E-state index >= 15 is 0 Å². The van der Waals surface area contributed by atoms with Gasteiger partial charge in [-0.3, -0.25) is 25.1 Å². The number of nitrogens with one attached hydrogen (secondary N) is 2. The predicted octanol–water partition coefficient (Wildman–Crippen LogP) is -0.104. The van der Waals surface area contributed by atoms with Crippen LogP contribution in [0.2, 0.25) is 0 Å². The predicted molar refractivity (Wildman–Crippen MR) is 89.5 cm³/mol. The number of hydrogen-bond donors (Lipinski definition) is 2. The normalized spacial score (nSPS) is 19.1. The average Bonchev–Trinajstić information content (AvgIpc) is 3.21. The Bertz CT molecular complexity index is 973. The van der Waals surface area contributed by atoms with Crippen molar-refractivity contribution in [2.45, 2.75) is 25.4 Å². The van der Waals surface area contributed by atoms with Gasteiger partial charge in [-0.15, -0.1) is 11.5 Å². The van der Waals surface area contributed by atoms with Gasteiger partial charge in [-0.05, 0) is 29.7 Å². The van der Waals surface area contributed by atoms with Gasteiger partial charge in [-0.25, -0.2) is 0 Å². The molecule has 130 valence electrons. The topological polar surface area (TPSA) is 109 Å². The maximum Gasteiger partial charge on any atom is 0.255 e. The third-order valence-electron chi connectivity index (χ3n) is 4.46. The van der Waals surface area contributed by atoms with Crippen molar-refractivity contribution >= 4 is 23.4 Å². The van der Waals surface area contributed by atoms with Crippen molar-refractivity contribution in [3.63, 3.8) is 0 Å². The van der Waals surface area contributed by atoms with Crippen LogP contribution in [0.1, 0.15) is 34.5 Å². The molecule has 1 unspecified atom stereocenters. The minimum Gasteiger partial charge on any atom is -0.322 e. The number of carbonyl (C=O) groups is 3. The van der Waals surface area contributed by atoms with Crippen LogP contribution in [0.25, 0.3) is 0 Å². The number of benzene rings is 1. The molecule has 2 aromatic rings. The van der Waals surface area contributed by atoms with Crippen LogP contribution in [-0.4, -0.2) is 43.8 Å². The number of nitrogens with zero attached hydrogens (tertiary/aromatic N) is 4. The molecule has 4 rings (SSSR count). The van der Waals surface area contributed by atoms with E-state index in [0.717, 1.165) is 5.56 Å². The minimum absolute atomic E-state index is 0.218. The highest BCUT2D eigenvalue weighted by Crippen LogP contribution is 2.32. The highest BCUT2D eigenvalue weighted by atomic mass is 16.2. The molecule has 0 bridgehead atoms. The van der Waals surface area contributed by atoms with E-state index in [1.807, 2.05) is 0 Å². The molecule has 1 saturated heterocycles. The number of carbonyl (C=O) groups excluding carboxylic acids is 3. The molecular formula is C17H14N6O3. The minimum atomic E-state index is -0.653. The second-order valence-electron chi connectivity index (χ2n) is 6.04. The van der Waals surface area contributed by atoms with Gasteiger partial charge in [0.05, 0.1) is 11.9 Å². The van der Waals surface area contributed by atoms with Crippen LogP contribution in [0.4, 0.5) is 5.69 Å². The Balaban J connectivity index is 1.61. The Morgan fingerprint density at radius 2 is 2.15 bits per heavy atom. The molecule has 1 aromatic heterocycles. The second kappa shape index (κ2) is 6.00. The van der Waals surface area contributed by atoms with Gasteiger partial charge in [-0.2, -0.15) is 4.79 Å². The van der Waals surface area contributed by atoms with Gasteiger partial charge in [0.25, 0.3) is 5.91 Å². The summed E-state index contributed by atoms with van der Waals surface area (Å²) in [5.41, 5.74) is 5.34. The Morgan fingerprint density at radius 1 is 1.31 bits per heavy atom. The first-order valence-electron chi connectivity index (χ1n) is 7.99. The van der Waals surface area contributed by atoms with Crippen LogP contribution < -0.4 is 10.7 Å². The maximum absolute atomic E-state index is 12.8. The van der Waals surface area contributed by atoms with Gasteiger partial charge < -0.3 is 4.90 Å². The maximum atomic E-state index is 12.8. The molecule has 0 spiro atoms. The number of fused-ring (bicyclic) bond motifs is 1. The van der Waals surface area contributed by atoms with Gasteiger partial charge in [0.15, 0.2) is 5.69 Å². The number of hydrogen-bond acceptors (Lipinski definition) is 6. The molecule has 2 N–H and O–H groups in total. The van der Waals surface area contributed by atoms with Crippen LogP contribution in [0.15, 0.2) is 24.4 Å². The van der Waals surface area contributed by atoms with Crippen molar-refractivity contribution in [1.29, 1.82) is 0 Å². The van der Waals surface area contributed by atoms with Crippen molar-refractivity contribution in [2.24, 2.45) is 0 Å². The summed E-state index contributed by atoms with van der Waals surface area (Å²) in [5.74, 6) is 1.40. The fraction of sp³-hybridized carbons (Fsp3) is 0.235. The second-order valence-corrected chi connectivity index (χ2v) is 6.04. The number of imide groups is 1. The van der Waals surface area contributed by atoms with Crippen LogP contribution in [0.3, 0.4) is 0 Å². The summed E-state index contributed by atoms with van der Waals surface area (Å²) in [6.07, 6.45) is 7.37. The molecule has 1 aromatic carbocycles. The van der Waals surface area contributed by atoms with Crippen molar-refractivity contribution in [3.8, 4) is 12.3 Å². The van der Waals surface area contributed by atoms with E-state index in [1.54, 1.807) is 24.4 Å². The number of aromatic nitrogens is 3. The van der Waals surface area contributed by atoms with Crippen molar-refractivity contribution in [3.05, 3.63) is 41.2 Å². The van der Waals surface area contributed by atoms with E-state index < -0.39 is 11.9 Å². The molecule has 0 aliphatic carbocycles. The summed E-state index contributed by atoms with van der Waals surface area (Å²) in [5, 5.41) is 9.95. The number of anilines is 1. The number of piperidine rings is 1. The van der Waals surface area contributed by atoms with E-state index in [1.165, 1.54) is 9.69 Å². The van der Waals surface area contributed by atoms with E-state index in [0.29, 0.717) is 23.4 Å². The summed E-state index contributed by atoms with van der Waals surface area (Å²) >= 11 is 0. The largest absolute Gasteiger partial charge is 0.322 e. The molecule has 2 aliphatic heterocycles. The van der Waals surface area contributed by atoms with Gasteiger partial charge in [0.2, 0.25) is 11.8 Å². The lowest BCUT2D eigenvalue weighted by Gasteiger charge is -2.29. The van der Waals surface area contributed by atoms with Crippen LogP contribution >= 0.6 is 0 Å². The highest BCUT2D eigenvalue weighted by molar-refractivity contribution is 6.06. The first-order valence-corrected chi connectivity index (χ1v) is 7.99. The zero-order chi connectivity index (χ0) is 18.3. The molecule has 3 amide bonds. The van der Waals surface area contributed by atoms with Gasteiger partial charge in [0.1, 0.15) is 6.04 Å². The molecule has 1 atom stereocenters. The lowest BCUT2D eigenvalue weighted by molar-refractivity contribution is -0.136. The van der Waals surface area contributed by atoms with E-state index in [2.05, 4.69) is 27.0 Å². The Labute approximate surface area is 148 Å². The summed E-state index contributed by atoms with van der Waals surface area (Å²) in [6, 6.07) is 4.60. The van der Waals surface area contributed by atoms with Gasteiger partial charge in [0, 0.05) is 24.1 Å². The number of terminal acetylenes is 1. The Kier molecular flexibility index (Phi) is 3.65. The van der Waals surface area contributed by atoms with E-state index in [4.69, 9.17) is 6.42 Å². The molecule has 1 fully saturated rings. The SMILES string of the molecule is C#Cc1cn(Nc2cccc3c2CN(C2CCC(=O)NC2=O)C3=O)nn1. The molecule has 0 saturated carbocycles. The quantitative estimate of drug-likeness (QED) is 0.591. The van der Waals surface area contributed by atoms with Crippen LogP contribution in [-0.2, 0) is 16.1 Å². The standard InChI is InChI=1S/C17H14N6O3/c1-2-10-8-23(21-19-10)20-13-5-3-4-11-12(13)9-22(17(11)26)14-6-7-15(24)18-16(14)25/h1,3-5,8,14,20H,6-7,9H2,(H,18,24,25). The lowest BCUT2D eigenvalue weighted by atomic mass is 10.0. The molecule has 26 heavy (non-hydrogen) atoms. The first-order chi connectivity index (χ1) is 12.6. The monoisotopic (exact) mass is 350 g/mol. The molecular weight excluding hydrogens is 336 g/mol. The molecule has 0 radical (unpaired) electrons. The van der Waals surface area contributed by atoms with Gasteiger partial charge >= 0.3 is 0 Å². The third-order valence-corrected chi connectivity index (χ3v) is 4.46. The zero-order valence-corrected chi connectivity index (χ0v) is 13.6. The smallest absolute Gasteiger partial charge is 0.255 e. The Morgan fingerprint density at radius 3 is 2.88 bits per heavy atom. The summed E-state index contributed by atoms with van der Waals surface area (Å²) in [6.45, 7) is 0.264. The van der Waals surface area contributed by atoms with E-state index in [-0.39, 0.29) is 24.8 Å². The molecule has 2 aliphatic rings. The lowest BCUT2D eigenvalue weighted by Crippen LogP contribution is -2.52. The van der Waals surface area contributed by atoms with Crippen LogP contribution in [0.5, 0.6) is 0 Å². The van der Waals surface area contributed by atoms with Crippen molar-refractivity contribution < 1.29 is 14.4 Å². The fourth-order valence-corrected chi connectivity index (χ4v) is 3.20. The fourth-order valence-electron chi connectivity index (χ4n) is 3.20. The average molecular weight is 350 g/mol. The van der Waals surface area contributed by atoms with E-state index in [9.17, 15) is 14.4 Å². The zero-order valence-electron chi connectivity index (χ0n) is 13.6. The molecule has 9 nitrogen and oxygen atoms in total. The van der Waals surface area contributed by atoms with Crippen molar-refractivity contribution in [1.82, 2.24) is 25.3 Å². The Hall–Kier alpha value is -3.67. The first kappa shape index (κ1) is 15.8. The highest BCUT2D eigenvalue weighted by Gasteiger charge is 2.39. The molecule has 9 heteroatoms.